The second kappa shape index (κ2) is 5.33. The molecule has 2 rings (SSSR count). The van der Waals surface area contributed by atoms with Crippen molar-refractivity contribution in [3.8, 4) is 0 Å². The molecule has 1 heterocycles. The molecule has 0 amide bonds. The maximum Gasteiger partial charge on any atom is 0.0216 e. The molecular formula is C14H23NS. The van der Waals surface area contributed by atoms with Gasteiger partial charge in [0.25, 0.3) is 0 Å². The van der Waals surface area contributed by atoms with E-state index in [0.717, 1.165) is 12.6 Å². The number of thiophene rings is 1. The van der Waals surface area contributed by atoms with Crippen molar-refractivity contribution in [3.63, 3.8) is 0 Å². The zero-order valence-corrected chi connectivity index (χ0v) is 11.3. The first-order chi connectivity index (χ1) is 7.66. The van der Waals surface area contributed by atoms with E-state index < -0.39 is 0 Å². The largest absolute Gasteiger partial charge is 0.310 e. The maximum atomic E-state index is 3.71. The zero-order chi connectivity index (χ0) is 11.4. The third kappa shape index (κ3) is 3.60. The third-order valence-electron chi connectivity index (χ3n) is 3.75. The van der Waals surface area contributed by atoms with Crippen LogP contribution in [0.2, 0.25) is 0 Å². The summed E-state index contributed by atoms with van der Waals surface area (Å²) in [4.78, 5) is 0. The van der Waals surface area contributed by atoms with Crippen LogP contribution in [0.4, 0.5) is 0 Å². The Balaban J connectivity index is 1.78. The lowest BCUT2D eigenvalue weighted by Gasteiger charge is -2.22. The normalized spacial score (nSPS) is 25.2. The quantitative estimate of drug-likeness (QED) is 0.777. The van der Waals surface area contributed by atoms with Gasteiger partial charge in [0, 0.05) is 12.6 Å². The highest BCUT2D eigenvalue weighted by molar-refractivity contribution is 7.07. The molecule has 0 aliphatic heterocycles. The summed E-state index contributed by atoms with van der Waals surface area (Å²) in [6.07, 6.45) is 6.84. The number of rotatable bonds is 3. The molecule has 0 aromatic carbocycles. The van der Waals surface area contributed by atoms with Crippen molar-refractivity contribution < 1.29 is 0 Å². The van der Waals surface area contributed by atoms with E-state index in [9.17, 15) is 0 Å². The van der Waals surface area contributed by atoms with Crippen molar-refractivity contribution in [1.82, 2.24) is 5.32 Å². The number of hydrogen-bond donors (Lipinski definition) is 1. The SMILES string of the molecule is CC1(C)CCCC(NCc2ccsc2)CC1. The van der Waals surface area contributed by atoms with Crippen LogP contribution in [0.15, 0.2) is 16.8 Å². The van der Waals surface area contributed by atoms with Crippen molar-refractivity contribution in [1.29, 1.82) is 0 Å². The monoisotopic (exact) mass is 237 g/mol. The van der Waals surface area contributed by atoms with Gasteiger partial charge >= 0.3 is 0 Å². The molecule has 1 fully saturated rings. The topological polar surface area (TPSA) is 12.0 Å². The van der Waals surface area contributed by atoms with Crippen LogP contribution in [0.1, 0.15) is 51.5 Å². The fourth-order valence-electron chi connectivity index (χ4n) is 2.52. The van der Waals surface area contributed by atoms with Gasteiger partial charge in [0.2, 0.25) is 0 Å². The molecule has 1 atom stereocenters. The Morgan fingerprint density at radius 3 is 3.00 bits per heavy atom. The van der Waals surface area contributed by atoms with Crippen molar-refractivity contribution in [3.05, 3.63) is 22.4 Å². The fourth-order valence-corrected chi connectivity index (χ4v) is 3.19. The summed E-state index contributed by atoms with van der Waals surface area (Å²) in [5.74, 6) is 0. The molecule has 90 valence electrons. The van der Waals surface area contributed by atoms with E-state index in [0.29, 0.717) is 5.41 Å². The molecular weight excluding hydrogens is 214 g/mol. The molecule has 0 bridgehead atoms. The van der Waals surface area contributed by atoms with Crippen molar-refractivity contribution in [2.24, 2.45) is 5.41 Å². The van der Waals surface area contributed by atoms with Gasteiger partial charge in [0.1, 0.15) is 0 Å². The van der Waals surface area contributed by atoms with Gasteiger partial charge in [-0.1, -0.05) is 20.3 Å². The fraction of sp³-hybridized carbons (Fsp3) is 0.714. The van der Waals surface area contributed by atoms with Crippen LogP contribution in [0.3, 0.4) is 0 Å². The molecule has 16 heavy (non-hydrogen) atoms. The van der Waals surface area contributed by atoms with Gasteiger partial charge in [0.05, 0.1) is 0 Å². The van der Waals surface area contributed by atoms with Crippen LogP contribution >= 0.6 is 11.3 Å². The summed E-state index contributed by atoms with van der Waals surface area (Å²) in [6, 6.07) is 2.96. The minimum atomic E-state index is 0.568. The second-order valence-corrected chi connectivity index (χ2v) is 6.58. The third-order valence-corrected chi connectivity index (χ3v) is 4.48. The van der Waals surface area contributed by atoms with Gasteiger partial charge in [0.15, 0.2) is 0 Å². The molecule has 2 heteroatoms. The van der Waals surface area contributed by atoms with Crippen LogP contribution in [-0.2, 0) is 6.54 Å². The highest BCUT2D eigenvalue weighted by Crippen LogP contribution is 2.33. The average Bonchev–Trinajstić information content (AvgIpc) is 2.68. The lowest BCUT2D eigenvalue weighted by atomic mass is 9.85. The molecule has 1 aliphatic carbocycles. The summed E-state index contributed by atoms with van der Waals surface area (Å²) < 4.78 is 0. The van der Waals surface area contributed by atoms with Crippen LogP contribution in [0.5, 0.6) is 0 Å². The van der Waals surface area contributed by atoms with Gasteiger partial charge in [-0.15, -0.1) is 0 Å². The first-order valence-corrected chi connectivity index (χ1v) is 7.34. The molecule has 0 radical (unpaired) electrons. The van der Waals surface area contributed by atoms with Crippen LogP contribution in [0, 0.1) is 5.41 Å². The Morgan fingerprint density at radius 2 is 2.25 bits per heavy atom. The summed E-state index contributed by atoms with van der Waals surface area (Å²) in [6.45, 7) is 5.87. The lowest BCUT2D eigenvalue weighted by molar-refractivity contribution is 0.309. The second-order valence-electron chi connectivity index (χ2n) is 5.80. The van der Waals surface area contributed by atoms with Gasteiger partial charge in [-0.2, -0.15) is 11.3 Å². The van der Waals surface area contributed by atoms with Crippen molar-refractivity contribution in [2.75, 3.05) is 0 Å². The Hall–Kier alpha value is -0.340. The van der Waals surface area contributed by atoms with Crippen LogP contribution in [-0.4, -0.2) is 6.04 Å². The predicted molar refractivity (Wildman–Crippen MR) is 71.8 cm³/mol. The van der Waals surface area contributed by atoms with Gasteiger partial charge in [-0.05, 0) is 53.5 Å². The van der Waals surface area contributed by atoms with E-state index in [1.807, 2.05) is 0 Å². The summed E-state index contributed by atoms with van der Waals surface area (Å²) >= 11 is 1.79. The summed E-state index contributed by atoms with van der Waals surface area (Å²) in [7, 11) is 0. The van der Waals surface area contributed by atoms with Crippen molar-refractivity contribution in [2.45, 2.75) is 58.5 Å². The minimum Gasteiger partial charge on any atom is -0.310 e. The Bertz CT molecular complexity index is 303. The molecule has 1 unspecified atom stereocenters. The number of hydrogen-bond acceptors (Lipinski definition) is 2. The standard InChI is InChI=1S/C14H23NS/c1-14(2)7-3-4-13(5-8-14)15-10-12-6-9-16-11-12/h6,9,11,13,15H,3-5,7-8,10H2,1-2H3. The van der Waals surface area contributed by atoms with E-state index in [-0.39, 0.29) is 0 Å². The number of nitrogens with one attached hydrogen (secondary N) is 1. The molecule has 1 saturated carbocycles. The van der Waals surface area contributed by atoms with E-state index in [2.05, 4.69) is 36.0 Å². The lowest BCUT2D eigenvalue weighted by Crippen LogP contribution is -2.28. The summed E-state index contributed by atoms with van der Waals surface area (Å²) in [5, 5.41) is 8.11. The van der Waals surface area contributed by atoms with Crippen LogP contribution in [0.25, 0.3) is 0 Å². The van der Waals surface area contributed by atoms with Crippen molar-refractivity contribution >= 4 is 11.3 Å². The van der Waals surface area contributed by atoms with E-state index in [1.165, 1.54) is 37.7 Å². The summed E-state index contributed by atoms with van der Waals surface area (Å²) in [5.41, 5.74) is 2.01. The zero-order valence-electron chi connectivity index (χ0n) is 10.5. The van der Waals surface area contributed by atoms with E-state index >= 15 is 0 Å². The molecule has 1 aromatic heterocycles. The minimum absolute atomic E-state index is 0.568. The average molecular weight is 237 g/mol. The molecule has 1 aliphatic rings. The Kier molecular flexibility index (Phi) is 4.04. The first kappa shape index (κ1) is 12.1. The molecule has 0 spiro atoms. The smallest absolute Gasteiger partial charge is 0.0216 e. The highest BCUT2D eigenvalue weighted by Gasteiger charge is 2.23. The van der Waals surface area contributed by atoms with Crippen LogP contribution < -0.4 is 5.32 Å². The molecule has 1 nitrogen and oxygen atoms in total. The van der Waals surface area contributed by atoms with E-state index in [4.69, 9.17) is 0 Å². The highest BCUT2D eigenvalue weighted by atomic mass is 32.1. The molecule has 1 N–H and O–H groups in total. The van der Waals surface area contributed by atoms with E-state index in [1.54, 1.807) is 11.3 Å². The predicted octanol–water partition coefficient (Wildman–Crippen LogP) is 4.20. The van der Waals surface area contributed by atoms with Gasteiger partial charge in [-0.25, -0.2) is 0 Å². The van der Waals surface area contributed by atoms with Gasteiger partial charge in [-0.3, -0.25) is 0 Å². The molecule has 1 aromatic rings. The maximum absolute atomic E-state index is 3.71. The first-order valence-electron chi connectivity index (χ1n) is 6.40. The van der Waals surface area contributed by atoms with Gasteiger partial charge < -0.3 is 5.32 Å². The Morgan fingerprint density at radius 1 is 1.38 bits per heavy atom. The Labute approximate surface area is 103 Å². The molecule has 0 saturated heterocycles.